The Morgan fingerprint density at radius 1 is 0.380 bits per heavy atom. The Bertz CT molecular complexity index is 6180. The fraction of sp³-hybridized carbons (Fsp3) is 0.580. The number of nitrogen functional groups attached to an aromatic ring is 7. The lowest BCUT2D eigenvalue weighted by Crippen LogP contribution is -2.24. The van der Waals surface area contributed by atoms with Gasteiger partial charge in [-0.15, -0.1) is 0 Å². The summed E-state index contributed by atoms with van der Waals surface area (Å²) in [7, 11) is 8.15. The summed E-state index contributed by atoms with van der Waals surface area (Å²) in [6, 6.07) is 22.8. The first kappa shape index (κ1) is 136. The molecule has 1 atom stereocenters. The van der Waals surface area contributed by atoms with Crippen LogP contribution < -0.4 is 40.1 Å². The molecule has 11 aromatic rings. The molecule has 150 heavy (non-hydrogen) atoms. The van der Waals surface area contributed by atoms with Crippen LogP contribution in [0, 0.1) is 80.6 Å². The molecule has 1 aliphatic rings. The van der Waals surface area contributed by atoms with Crippen LogP contribution in [0.15, 0.2) is 60.7 Å². The van der Waals surface area contributed by atoms with Crippen LogP contribution in [0.3, 0.4) is 0 Å². The van der Waals surface area contributed by atoms with Crippen LogP contribution >= 0.6 is 0 Å². The average Bonchev–Trinajstić information content (AvgIpc) is 1.43. The first-order valence-electron chi connectivity index (χ1n) is 51.2. The number of nitriles is 1. The number of rotatable bonds is 17. The largest absolute Gasteiger partial charge is 0.393 e. The van der Waals surface area contributed by atoms with Crippen molar-refractivity contribution in [1.29, 1.82) is 5.26 Å². The third kappa shape index (κ3) is 42.5. The standard InChI is InChI=1S/C16H29N3O.C16H21N3.C16H29N3.C15H19N3.C12H18N4.C12H19N3.C10H17N3O.C10H15N3O.C9H15N3.3CH4/c1-8-12(20)9-13-11(2)17-14(10-19(6)7)18-15(13)16(3,4)5;1-10-7-6-8-12(9-10)13-11(2)18-15(17)19-14(13)16(3,4)5;1-8-9-10-13-12(2)17-14(11-19(6)7)18-15(13)16(3,4)5;1-10-12(11-8-6-5-7-9-11)13(15(2,3)4)18-14(16)17-10;1-8-9(6-5-7-13)10(12(2,3)4)16-11(14)15-8;1-7-9(8-5-6-8)10(12(2,3)4)15-11(13)14-7;2*1-6-7(5-14)8(10(2,3)4)13-9(11)12-6;1-6-5-7(9(2,3)4)12-8(10)11-6;;;/h12,20H,8-10H2,1-7H3;6-9H,1-5H3,(H2,17,18,19);8-11H2,1-7H3;5-9H,1-4H3,(H2,16,17,18);5-6H2,1-4H3,(H2,14,15,16);8H,5-6H2,1-4H3,(H2,13,14,15);14H,5H2,1-4H3,(H2,11,12,13);5H,1-4H3,(H2,11,12,13);5H,1-4H3,(H2,10,11,12);3*1H4. The second kappa shape index (κ2) is 57.3. The van der Waals surface area contributed by atoms with Crippen LogP contribution in [0.25, 0.3) is 22.3 Å². The molecule has 0 amide bonds. The molecule has 0 saturated heterocycles. The van der Waals surface area contributed by atoms with Crippen LogP contribution in [0.1, 0.15) is 425 Å². The zero-order chi connectivity index (χ0) is 112. The molecule has 0 spiro atoms. The average molecular weight is 2070 g/mol. The number of aliphatic hydroxyl groups is 2. The maximum Gasteiger partial charge on any atom is 0.220 e. The molecule has 2 aromatic carbocycles. The SMILES string of the molecule is C.C.C.CCC(O)Cc1c(C)nc(CN(C)C)nc1C(C)(C)C.CCCCc1c(C)nc(CN(C)C)nc1C(C)(C)C.Cc1cc(C(C)(C)C)nc(N)n1.Cc1cccc(-c2c(C)nc(N)nc2C(C)(C)C)c1.Cc1nc(N)nc(C(C)(C)C)c1-c1ccccc1.Cc1nc(N)nc(C(C)(C)C)c1C1CC1.Cc1nc(N)nc(C(C)(C)C)c1C=O.Cc1nc(N)nc(C(C)(C)C)c1CCC#N.Cc1nc(N)nc(C(C)(C)C)c1CO. The van der Waals surface area contributed by atoms with Crippen LogP contribution in [-0.2, 0) is 87.7 Å². The molecule has 828 valence electrons. The molecule has 1 fully saturated rings. The van der Waals surface area contributed by atoms with Crippen molar-refractivity contribution in [3.63, 3.8) is 0 Å². The van der Waals surface area contributed by atoms with Crippen molar-refractivity contribution in [1.82, 2.24) is 99.5 Å². The number of aryl methyl sites for hydroxylation is 10. The number of nitrogens with zero attached hydrogens (tertiary/aromatic N) is 21. The Labute approximate surface area is 903 Å². The van der Waals surface area contributed by atoms with Gasteiger partial charge in [-0.1, -0.05) is 290 Å². The molecule has 16 N–H and O–H groups in total. The second-order valence-corrected chi connectivity index (χ2v) is 48.0. The van der Waals surface area contributed by atoms with Crippen LogP contribution in [0.2, 0.25) is 0 Å². The van der Waals surface area contributed by atoms with Gasteiger partial charge in [0, 0.05) is 112 Å². The second-order valence-electron chi connectivity index (χ2n) is 48.0. The fourth-order valence-electron chi connectivity index (χ4n) is 16.4. The van der Waals surface area contributed by atoms with E-state index in [1.807, 2.05) is 135 Å². The summed E-state index contributed by atoms with van der Waals surface area (Å²) in [5.41, 5.74) is 68.3. The van der Waals surface area contributed by atoms with Gasteiger partial charge < -0.3 is 60.1 Å². The van der Waals surface area contributed by atoms with Crippen LogP contribution in [0.4, 0.5) is 41.6 Å². The summed E-state index contributed by atoms with van der Waals surface area (Å²) < 4.78 is 0. The molecule has 0 bridgehead atoms. The summed E-state index contributed by atoms with van der Waals surface area (Å²) in [5.74, 6) is 4.73. The maximum absolute atomic E-state index is 10.9. The number of carbonyl (C=O) groups excluding carboxylic acids is 1. The van der Waals surface area contributed by atoms with E-state index in [1.54, 1.807) is 6.92 Å². The maximum atomic E-state index is 10.9. The van der Waals surface area contributed by atoms with Gasteiger partial charge in [0.05, 0.1) is 106 Å². The highest BCUT2D eigenvalue weighted by Crippen LogP contribution is 2.46. The van der Waals surface area contributed by atoms with Gasteiger partial charge in [-0.05, 0) is 181 Å². The van der Waals surface area contributed by atoms with Gasteiger partial charge in [0.2, 0.25) is 41.6 Å². The van der Waals surface area contributed by atoms with E-state index in [9.17, 15) is 15.0 Å². The van der Waals surface area contributed by atoms with E-state index >= 15 is 0 Å². The van der Waals surface area contributed by atoms with E-state index in [0.717, 1.165) is 168 Å². The molecular formula is C119H194N28O3. The summed E-state index contributed by atoms with van der Waals surface area (Å²) in [4.78, 5) is 93.2. The highest BCUT2D eigenvalue weighted by Gasteiger charge is 2.35. The van der Waals surface area contributed by atoms with Gasteiger partial charge in [0.15, 0.2) is 6.29 Å². The number of anilines is 7. The Morgan fingerprint density at radius 3 is 1.09 bits per heavy atom. The van der Waals surface area contributed by atoms with Crippen molar-refractivity contribution in [3.05, 3.63) is 214 Å². The normalized spacial score (nSPS) is 12.2. The van der Waals surface area contributed by atoms with E-state index in [4.69, 9.17) is 55.4 Å². The van der Waals surface area contributed by atoms with E-state index in [1.165, 1.54) is 48.1 Å². The number of nitrogens with two attached hydrogens (primary N) is 7. The smallest absolute Gasteiger partial charge is 0.220 e. The topological polar surface area (TPSA) is 502 Å². The number of aromatic nitrogens is 18. The van der Waals surface area contributed by atoms with Gasteiger partial charge in [-0.25, -0.2) is 89.7 Å². The lowest BCUT2D eigenvalue weighted by atomic mass is 9.85. The molecular weight excluding hydrogens is 1870 g/mol. The monoisotopic (exact) mass is 2060 g/mol. The molecule has 1 unspecified atom stereocenters. The van der Waals surface area contributed by atoms with Gasteiger partial charge in [0.1, 0.15) is 11.6 Å². The first-order chi connectivity index (χ1) is 67.4. The number of benzene rings is 2. The highest BCUT2D eigenvalue weighted by molar-refractivity contribution is 5.79. The summed E-state index contributed by atoms with van der Waals surface area (Å²) >= 11 is 0. The molecule has 1 aliphatic carbocycles. The first-order valence-corrected chi connectivity index (χ1v) is 51.2. The Hall–Kier alpha value is -12.2. The van der Waals surface area contributed by atoms with Crippen LogP contribution in [0.5, 0.6) is 0 Å². The quantitative estimate of drug-likeness (QED) is 0.0382. The molecule has 31 nitrogen and oxygen atoms in total. The minimum atomic E-state index is -0.321. The van der Waals surface area contributed by atoms with Crippen molar-refractivity contribution < 1.29 is 15.0 Å². The van der Waals surface area contributed by atoms with Crippen molar-refractivity contribution in [2.45, 2.75) is 431 Å². The summed E-state index contributed by atoms with van der Waals surface area (Å²) in [5, 5.41) is 27.9. The van der Waals surface area contributed by atoms with E-state index in [2.05, 4.69) is 312 Å². The van der Waals surface area contributed by atoms with Crippen molar-refractivity contribution >= 4 is 47.9 Å². The van der Waals surface area contributed by atoms with E-state index in [0.29, 0.717) is 71.9 Å². The number of aliphatic hydroxyl groups excluding tert-OH is 2. The third-order valence-electron chi connectivity index (χ3n) is 23.6. The number of unbranched alkanes of at least 4 members (excludes halogenated alkanes) is 1. The molecule has 31 heteroatoms. The fourth-order valence-corrected chi connectivity index (χ4v) is 16.4. The van der Waals surface area contributed by atoms with E-state index < -0.39 is 0 Å². The van der Waals surface area contributed by atoms with Gasteiger partial charge in [-0.3, -0.25) is 4.79 Å². The lowest BCUT2D eigenvalue weighted by Gasteiger charge is -2.25. The Morgan fingerprint density at radius 2 is 0.720 bits per heavy atom. The minimum absolute atomic E-state index is 0. The molecule has 0 radical (unpaired) electrons. The summed E-state index contributed by atoms with van der Waals surface area (Å²) in [6.45, 7) is 82.7. The van der Waals surface area contributed by atoms with Crippen molar-refractivity contribution in [2.24, 2.45) is 0 Å². The Kier molecular flexibility index (Phi) is 51.9. The predicted molar refractivity (Wildman–Crippen MR) is 627 cm³/mol. The lowest BCUT2D eigenvalue weighted by molar-refractivity contribution is 0.111. The minimum Gasteiger partial charge on any atom is -0.393 e. The third-order valence-corrected chi connectivity index (χ3v) is 23.6. The summed E-state index contributed by atoms with van der Waals surface area (Å²) in [6.07, 6.45) is 9.09. The number of hydrogen-bond donors (Lipinski definition) is 9. The number of hydrogen-bond acceptors (Lipinski definition) is 31. The molecule has 12 rings (SSSR count). The zero-order valence-electron chi connectivity index (χ0n) is 97.7. The van der Waals surface area contributed by atoms with Gasteiger partial charge in [0.25, 0.3) is 0 Å². The van der Waals surface area contributed by atoms with E-state index in [-0.39, 0.29) is 95.6 Å². The van der Waals surface area contributed by atoms with Crippen LogP contribution in [-0.4, -0.2) is 150 Å². The number of carbonyl (C=O) groups is 1. The highest BCUT2D eigenvalue weighted by atomic mass is 16.3. The predicted octanol–water partition coefficient (Wildman–Crippen LogP) is 23.8. The molecule has 9 heterocycles. The molecule has 0 aliphatic heterocycles. The molecule has 1 saturated carbocycles. The van der Waals surface area contributed by atoms with Crippen molar-refractivity contribution in [3.8, 4) is 28.3 Å². The van der Waals surface area contributed by atoms with Gasteiger partial charge in [-0.2, -0.15) is 5.26 Å². The van der Waals surface area contributed by atoms with Gasteiger partial charge >= 0.3 is 0 Å². The molecule has 9 aromatic heterocycles. The zero-order valence-corrected chi connectivity index (χ0v) is 97.7. The number of aldehydes is 1. The van der Waals surface area contributed by atoms with Crippen molar-refractivity contribution in [2.75, 3.05) is 68.3 Å². The Balaban J connectivity index is 0.000000845.